The summed E-state index contributed by atoms with van der Waals surface area (Å²) in [6.45, 7) is 4.36. The third kappa shape index (κ3) is 2.87. The lowest BCUT2D eigenvalue weighted by Gasteiger charge is -2.37. The van der Waals surface area contributed by atoms with Gasteiger partial charge in [0.05, 0.1) is 22.5 Å². The van der Waals surface area contributed by atoms with Crippen LogP contribution in [0.5, 0.6) is 0 Å². The number of nitrogens with zero attached hydrogens (tertiary/aromatic N) is 6. The molecule has 0 amide bonds. The van der Waals surface area contributed by atoms with Gasteiger partial charge in [-0.1, -0.05) is 6.07 Å². The Morgan fingerprint density at radius 1 is 1.08 bits per heavy atom. The van der Waals surface area contributed by atoms with Gasteiger partial charge in [-0.3, -0.25) is 14.9 Å². The molecule has 0 radical (unpaired) electrons. The minimum Gasteiger partial charge on any atom is -0.338 e. The predicted octanol–water partition coefficient (Wildman–Crippen LogP) is 2.95. The van der Waals surface area contributed by atoms with Gasteiger partial charge in [0, 0.05) is 49.8 Å². The van der Waals surface area contributed by atoms with Crippen molar-refractivity contribution in [2.75, 3.05) is 31.1 Å². The summed E-state index contributed by atoms with van der Waals surface area (Å²) in [5.41, 5.74) is 2.69. The number of rotatable bonds is 3. The van der Waals surface area contributed by atoms with Crippen LogP contribution in [0.3, 0.4) is 0 Å². The molecule has 26 heavy (non-hydrogen) atoms. The van der Waals surface area contributed by atoms with Crippen molar-refractivity contribution in [1.29, 1.82) is 0 Å². The highest BCUT2D eigenvalue weighted by atomic mass is 32.1. The molecule has 0 spiro atoms. The smallest absolute Gasteiger partial charge is 0.226 e. The second-order valence-electron chi connectivity index (χ2n) is 6.78. The Kier molecular flexibility index (Phi) is 4.10. The van der Waals surface area contributed by atoms with E-state index < -0.39 is 0 Å². The number of hydrogen-bond donors (Lipinski definition) is 0. The van der Waals surface area contributed by atoms with E-state index >= 15 is 0 Å². The predicted molar refractivity (Wildman–Crippen MR) is 103 cm³/mol. The Labute approximate surface area is 156 Å². The van der Waals surface area contributed by atoms with Gasteiger partial charge in [-0.25, -0.2) is 9.97 Å². The highest BCUT2D eigenvalue weighted by Gasteiger charge is 2.31. The molecule has 0 bridgehead atoms. The third-order valence-electron chi connectivity index (χ3n) is 5.24. The summed E-state index contributed by atoms with van der Waals surface area (Å²) in [5.74, 6) is 0.826. The van der Waals surface area contributed by atoms with Gasteiger partial charge in [0.25, 0.3) is 0 Å². The molecule has 5 rings (SSSR count). The van der Waals surface area contributed by atoms with E-state index in [-0.39, 0.29) is 0 Å². The van der Waals surface area contributed by atoms with Gasteiger partial charge in [-0.2, -0.15) is 0 Å². The minimum absolute atomic E-state index is 0.650. The Morgan fingerprint density at radius 3 is 2.92 bits per heavy atom. The fraction of sp³-hybridized carbons (Fsp3) is 0.368. The molecule has 2 aliphatic rings. The first-order valence-electron chi connectivity index (χ1n) is 9.05. The van der Waals surface area contributed by atoms with E-state index in [1.54, 1.807) is 29.9 Å². The summed E-state index contributed by atoms with van der Waals surface area (Å²) in [7, 11) is 0. The second-order valence-corrected chi connectivity index (χ2v) is 7.73. The van der Waals surface area contributed by atoms with E-state index in [9.17, 15) is 0 Å². The van der Waals surface area contributed by atoms with Crippen LogP contribution >= 0.6 is 11.3 Å². The van der Waals surface area contributed by atoms with Crippen LogP contribution in [-0.4, -0.2) is 57.1 Å². The molecular formula is C19H20N6S. The molecule has 3 aromatic heterocycles. The quantitative estimate of drug-likeness (QED) is 0.712. The van der Waals surface area contributed by atoms with Crippen LogP contribution in [0.15, 0.2) is 42.3 Å². The lowest BCUT2D eigenvalue weighted by molar-refractivity contribution is 0.229. The number of hydrogen-bond acceptors (Lipinski definition) is 7. The maximum atomic E-state index is 4.97. The first kappa shape index (κ1) is 15.8. The van der Waals surface area contributed by atoms with Crippen molar-refractivity contribution in [1.82, 2.24) is 24.8 Å². The molecule has 3 aromatic rings. The standard InChI is InChI=1S/C19H20N6S/c1-3-14-13-25(9-8-24(14)7-1)19-22-11-15(16-12-20-5-6-21-16)18(23-19)17-4-2-10-26-17/h2,4-6,10-12,14H,1,3,7-9,13H2/t14-/m0/s1. The van der Waals surface area contributed by atoms with Crippen LogP contribution in [0.2, 0.25) is 0 Å². The second kappa shape index (κ2) is 6.74. The molecule has 132 valence electrons. The number of anilines is 1. The van der Waals surface area contributed by atoms with Gasteiger partial charge in [-0.15, -0.1) is 11.3 Å². The molecule has 0 saturated carbocycles. The number of piperazine rings is 1. The maximum absolute atomic E-state index is 4.97. The van der Waals surface area contributed by atoms with Gasteiger partial charge < -0.3 is 4.90 Å². The average molecular weight is 364 g/mol. The van der Waals surface area contributed by atoms with Crippen LogP contribution in [0.25, 0.3) is 21.8 Å². The molecule has 0 unspecified atom stereocenters. The normalized spacial score (nSPS) is 20.3. The first-order valence-corrected chi connectivity index (χ1v) is 9.93. The van der Waals surface area contributed by atoms with Gasteiger partial charge in [0.2, 0.25) is 5.95 Å². The van der Waals surface area contributed by atoms with Crippen molar-refractivity contribution in [2.45, 2.75) is 18.9 Å². The van der Waals surface area contributed by atoms with Crippen molar-refractivity contribution in [2.24, 2.45) is 0 Å². The van der Waals surface area contributed by atoms with Gasteiger partial charge >= 0.3 is 0 Å². The number of aromatic nitrogens is 4. The fourth-order valence-electron chi connectivity index (χ4n) is 3.92. The molecule has 0 aliphatic carbocycles. The molecule has 2 aliphatic heterocycles. The summed E-state index contributed by atoms with van der Waals surface area (Å²) in [5, 5.41) is 2.08. The molecule has 0 aromatic carbocycles. The summed E-state index contributed by atoms with van der Waals surface area (Å²) >= 11 is 1.69. The van der Waals surface area contributed by atoms with Crippen molar-refractivity contribution in [3.63, 3.8) is 0 Å². The summed E-state index contributed by atoms with van der Waals surface area (Å²) in [6.07, 6.45) is 9.66. The summed E-state index contributed by atoms with van der Waals surface area (Å²) < 4.78 is 0. The lowest BCUT2D eigenvalue weighted by atomic mass is 10.1. The van der Waals surface area contributed by atoms with Gasteiger partial charge in [-0.05, 0) is 30.8 Å². The van der Waals surface area contributed by atoms with E-state index in [0.717, 1.165) is 47.4 Å². The third-order valence-corrected chi connectivity index (χ3v) is 6.12. The highest BCUT2D eigenvalue weighted by Crippen LogP contribution is 2.33. The van der Waals surface area contributed by atoms with E-state index in [1.807, 2.05) is 6.20 Å². The summed E-state index contributed by atoms with van der Waals surface area (Å²) in [4.78, 5) is 24.4. The molecule has 5 heterocycles. The zero-order valence-electron chi connectivity index (χ0n) is 14.5. The zero-order chi connectivity index (χ0) is 17.3. The van der Waals surface area contributed by atoms with E-state index in [2.05, 4.69) is 37.3 Å². The Morgan fingerprint density at radius 2 is 2.08 bits per heavy atom. The monoisotopic (exact) mass is 364 g/mol. The Hall–Kier alpha value is -2.38. The van der Waals surface area contributed by atoms with Crippen LogP contribution in [-0.2, 0) is 0 Å². The molecule has 2 fully saturated rings. The fourth-order valence-corrected chi connectivity index (χ4v) is 4.65. The number of thiophene rings is 1. The maximum Gasteiger partial charge on any atom is 0.226 e. The SMILES string of the molecule is c1csc(-c2nc(N3CCN4CCC[C@H]4C3)ncc2-c2cnccn2)c1. The van der Waals surface area contributed by atoms with Gasteiger partial charge in [0.1, 0.15) is 0 Å². The van der Waals surface area contributed by atoms with Crippen LogP contribution in [0.4, 0.5) is 5.95 Å². The first-order chi connectivity index (χ1) is 12.9. The van der Waals surface area contributed by atoms with Crippen LogP contribution in [0.1, 0.15) is 12.8 Å². The van der Waals surface area contributed by atoms with Crippen molar-refractivity contribution >= 4 is 17.3 Å². The largest absolute Gasteiger partial charge is 0.338 e. The lowest BCUT2D eigenvalue weighted by Crippen LogP contribution is -2.50. The minimum atomic E-state index is 0.650. The Bertz CT molecular complexity index is 882. The molecular weight excluding hydrogens is 344 g/mol. The van der Waals surface area contributed by atoms with Gasteiger partial charge in [0.15, 0.2) is 0 Å². The molecule has 1 atom stereocenters. The highest BCUT2D eigenvalue weighted by molar-refractivity contribution is 7.13. The number of fused-ring (bicyclic) bond motifs is 1. The van der Waals surface area contributed by atoms with E-state index in [4.69, 9.17) is 9.97 Å². The van der Waals surface area contributed by atoms with E-state index in [0.29, 0.717) is 6.04 Å². The molecule has 2 saturated heterocycles. The Balaban J connectivity index is 1.53. The molecule has 6 nitrogen and oxygen atoms in total. The van der Waals surface area contributed by atoms with Crippen molar-refractivity contribution in [3.05, 3.63) is 42.3 Å². The van der Waals surface area contributed by atoms with Crippen LogP contribution < -0.4 is 4.90 Å². The zero-order valence-corrected chi connectivity index (χ0v) is 15.3. The molecule has 7 heteroatoms. The van der Waals surface area contributed by atoms with Crippen LogP contribution in [0, 0.1) is 0 Å². The summed E-state index contributed by atoms with van der Waals surface area (Å²) in [6, 6.07) is 4.81. The average Bonchev–Trinajstić information content (AvgIpc) is 3.39. The topological polar surface area (TPSA) is 58.0 Å². The van der Waals surface area contributed by atoms with E-state index in [1.165, 1.54) is 19.4 Å². The van der Waals surface area contributed by atoms with Crippen molar-refractivity contribution in [3.8, 4) is 21.8 Å². The molecule has 0 N–H and O–H groups in total. The van der Waals surface area contributed by atoms with Crippen molar-refractivity contribution < 1.29 is 0 Å².